The van der Waals surface area contributed by atoms with Gasteiger partial charge in [-0.3, -0.25) is 15.1 Å². The van der Waals surface area contributed by atoms with Crippen molar-refractivity contribution >= 4 is 29.3 Å². The zero-order valence-electron chi connectivity index (χ0n) is 16.6. The van der Waals surface area contributed by atoms with Gasteiger partial charge in [0.15, 0.2) is 0 Å². The van der Waals surface area contributed by atoms with Gasteiger partial charge in [0.2, 0.25) is 0 Å². The fourth-order valence-corrected chi connectivity index (χ4v) is 2.62. The first-order valence-electron chi connectivity index (χ1n) is 8.95. The highest BCUT2D eigenvalue weighted by molar-refractivity contribution is 6.31. The van der Waals surface area contributed by atoms with E-state index in [2.05, 4.69) is 15.6 Å². The summed E-state index contributed by atoms with van der Waals surface area (Å²) in [6, 6.07) is 7.03. The highest BCUT2D eigenvalue weighted by Gasteiger charge is 2.31. The lowest BCUT2D eigenvalue weighted by atomic mass is 10.1. The van der Waals surface area contributed by atoms with E-state index >= 15 is 0 Å². The number of halogens is 4. The predicted molar refractivity (Wildman–Crippen MR) is 107 cm³/mol. The second-order valence-electron chi connectivity index (χ2n) is 7.36. The molecule has 2 aromatic rings. The average Bonchev–Trinajstić information content (AvgIpc) is 2.60. The van der Waals surface area contributed by atoms with Crippen LogP contribution in [0.1, 0.15) is 42.4 Å². The van der Waals surface area contributed by atoms with E-state index < -0.39 is 29.3 Å². The van der Waals surface area contributed by atoms with Crippen molar-refractivity contribution < 1.29 is 27.5 Å². The molecular formula is C20H21ClF3N3O3. The van der Waals surface area contributed by atoms with E-state index in [1.165, 1.54) is 6.07 Å². The van der Waals surface area contributed by atoms with E-state index in [-0.39, 0.29) is 29.2 Å². The van der Waals surface area contributed by atoms with Gasteiger partial charge in [0.1, 0.15) is 5.60 Å². The van der Waals surface area contributed by atoms with Crippen molar-refractivity contribution in [1.82, 2.24) is 10.3 Å². The first-order chi connectivity index (χ1) is 13.8. The molecule has 0 saturated heterocycles. The summed E-state index contributed by atoms with van der Waals surface area (Å²) in [5, 5.41) is 5.05. The van der Waals surface area contributed by atoms with Gasteiger partial charge in [0.05, 0.1) is 16.3 Å². The van der Waals surface area contributed by atoms with Gasteiger partial charge >= 0.3 is 12.3 Å². The molecule has 0 aliphatic carbocycles. The molecule has 0 aliphatic heterocycles. The van der Waals surface area contributed by atoms with Gasteiger partial charge < -0.3 is 10.1 Å². The third-order valence-electron chi connectivity index (χ3n) is 3.66. The van der Waals surface area contributed by atoms with Crippen molar-refractivity contribution in [2.24, 2.45) is 0 Å². The molecule has 0 aliphatic rings. The zero-order chi connectivity index (χ0) is 22.5. The third kappa shape index (κ3) is 7.22. The van der Waals surface area contributed by atoms with Crippen LogP contribution in [-0.4, -0.2) is 29.1 Å². The van der Waals surface area contributed by atoms with E-state index in [0.717, 1.165) is 6.07 Å². The number of ether oxygens (including phenoxy) is 1. The Hall–Kier alpha value is -2.81. The Morgan fingerprint density at radius 2 is 1.87 bits per heavy atom. The molecule has 0 bridgehead atoms. The van der Waals surface area contributed by atoms with Crippen molar-refractivity contribution in [1.29, 1.82) is 0 Å². The number of nitrogens with zero attached hydrogens (tertiary/aromatic N) is 1. The number of alkyl halides is 3. The van der Waals surface area contributed by atoms with Crippen LogP contribution < -0.4 is 10.6 Å². The number of anilines is 1. The summed E-state index contributed by atoms with van der Waals surface area (Å²) < 4.78 is 43.1. The Kier molecular flexibility index (Phi) is 7.30. The van der Waals surface area contributed by atoms with Crippen molar-refractivity contribution in [2.75, 3.05) is 11.9 Å². The van der Waals surface area contributed by atoms with Gasteiger partial charge in [0.25, 0.3) is 5.91 Å². The van der Waals surface area contributed by atoms with E-state index in [1.807, 2.05) is 0 Å². The molecule has 1 aromatic heterocycles. The van der Waals surface area contributed by atoms with Crippen LogP contribution in [0.3, 0.4) is 0 Å². The van der Waals surface area contributed by atoms with E-state index in [0.29, 0.717) is 11.9 Å². The third-order valence-corrected chi connectivity index (χ3v) is 3.99. The molecular weight excluding hydrogens is 423 g/mol. The number of hydrogen-bond donors (Lipinski definition) is 2. The lowest BCUT2D eigenvalue weighted by Gasteiger charge is -2.19. The SMILES string of the molecule is CC(C)(C)OC(=O)Nc1cccc(C(=O)NCCc2ncc(C(F)(F)F)cc2Cl)c1. The van der Waals surface area contributed by atoms with Crippen LogP contribution in [0.5, 0.6) is 0 Å². The molecule has 10 heteroatoms. The Morgan fingerprint density at radius 3 is 2.47 bits per heavy atom. The lowest BCUT2D eigenvalue weighted by Crippen LogP contribution is -2.28. The summed E-state index contributed by atoms with van der Waals surface area (Å²) in [4.78, 5) is 27.9. The minimum Gasteiger partial charge on any atom is -0.444 e. The number of hydrogen-bond acceptors (Lipinski definition) is 4. The van der Waals surface area contributed by atoms with Gasteiger partial charge in [-0.2, -0.15) is 13.2 Å². The van der Waals surface area contributed by atoms with Crippen molar-refractivity contribution in [3.8, 4) is 0 Å². The molecule has 2 amide bonds. The monoisotopic (exact) mass is 443 g/mol. The Bertz CT molecular complexity index is 927. The second-order valence-corrected chi connectivity index (χ2v) is 7.77. The summed E-state index contributed by atoms with van der Waals surface area (Å²) in [6.07, 6.45) is -4.32. The molecule has 1 aromatic carbocycles. The first-order valence-corrected chi connectivity index (χ1v) is 9.33. The minimum absolute atomic E-state index is 0.112. The quantitative estimate of drug-likeness (QED) is 0.675. The summed E-state index contributed by atoms with van der Waals surface area (Å²) >= 11 is 5.86. The Labute approximate surface area is 176 Å². The van der Waals surface area contributed by atoms with Crippen LogP contribution in [0.2, 0.25) is 5.02 Å². The summed E-state index contributed by atoms with van der Waals surface area (Å²) in [7, 11) is 0. The first kappa shape index (κ1) is 23.5. The number of benzene rings is 1. The molecule has 0 unspecified atom stereocenters. The molecule has 2 rings (SSSR count). The summed E-state index contributed by atoms with van der Waals surface area (Å²) in [5.41, 5.74) is -0.688. The molecule has 0 fully saturated rings. The Balaban J connectivity index is 1.93. The van der Waals surface area contributed by atoms with Crippen LogP contribution in [0.15, 0.2) is 36.5 Å². The second kappa shape index (κ2) is 9.34. The minimum atomic E-state index is -4.53. The van der Waals surface area contributed by atoms with Crippen LogP contribution >= 0.6 is 11.6 Å². The molecule has 0 saturated carbocycles. The van der Waals surface area contributed by atoms with E-state index in [1.54, 1.807) is 39.0 Å². The lowest BCUT2D eigenvalue weighted by molar-refractivity contribution is -0.137. The number of aromatic nitrogens is 1. The number of amides is 2. The normalized spacial score (nSPS) is 11.7. The molecule has 0 spiro atoms. The van der Waals surface area contributed by atoms with Crippen LogP contribution in [0, 0.1) is 0 Å². The maximum absolute atomic E-state index is 12.6. The molecule has 6 nitrogen and oxygen atoms in total. The molecule has 1 heterocycles. The number of nitrogens with one attached hydrogen (secondary N) is 2. The predicted octanol–water partition coefficient (Wildman–Crippen LogP) is 5.07. The largest absolute Gasteiger partial charge is 0.444 e. The summed E-state index contributed by atoms with van der Waals surface area (Å²) in [6.45, 7) is 5.30. The van der Waals surface area contributed by atoms with E-state index in [9.17, 15) is 22.8 Å². The molecule has 0 radical (unpaired) electrons. The molecule has 30 heavy (non-hydrogen) atoms. The highest BCUT2D eigenvalue weighted by atomic mass is 35.5. The van der Waals surface area contributed by atoms with Crippen LogP contribution in [0.25, 0.3) is 0 Å². The van der Waals surface area contributed by atoms with Gasteiger partial charge in [-0.05, 0) is 45.0 Å². The van der Waals surface area contributed by atoms with Crippen molar-refractivity contribution in [2.45, 2.75) is 39.0 Å². The topological polar surface area (TPSA) is 80.3 Å². The summed E-state index contributed by atoms with van der Waals surface area (Å²) in [5.74, 6) is -0.425. The van der Waals surface area contributed by atoms with Gasteiger partial charge in [-0.1, -0.05) is 17.7 Å². The van der Waals surface area contributed by atoms with Crippen LogP contribution in [0.4, 0.5) is 23.7 Å². The van der Waals surface area contributed by atoms with Crippen LogP contribution in [-0.2, 0) is 17.3 Å². The van der Waals surface area contributed by atoms with Crippen molar-refractivity contribution in [3.63, 3.8) is 0 Å². The molecule has 162 valence electrons. The number of carbonyl (C=O) groups is 2. The fourth-order valence-electron chi connectivity index (χ4n) is 2.36. The molecule has 2 N–H and O–H groups in total. The smallest absolute Gasteiger partial charge is 0.417 e. The standard InChI is InChI=1S/C20H21ClF3N3O3/c1-19(2,3)30-18(29)27-14-6-4-5-12(9-14)17(28)25-8-7-16-15(21)10-13(11-26-16)20(22,23)24/h4-6,9-11H,7-8H2,1-3H3,(H,25,28)(H,27,29). The maximum Gasteiger partial charge on any atom is 0.417 e. The average molecular weight is 444 g/mol. The molecule has 0 atom stereocenters. The van der Waals surface area contributed by atoms with Crippen molar-refractivity contribution in [3.05, 3.63) is 58.4 Å². The number of carbonyl (C=O) groups excluding carboxylic acids is 2. The highest BCUT2D eigenvalue weighted by Crippen LogP contribution is 2.31. The van der Waals surface area contributed by atoms with E-state index in [4.69, 9.17) is 16.3 Å². The van der Waals surface area contributed by atoms with Gasteiger partial charge in [-0.15, -0.1) is 0 Å². The maximum atomic E-state index is 12.6. The van der Waals surface area contributed by atoms with Gasteiger partial charge in [0, 0.05) is 30.4 Å². The Morgan fingerprint density at radius 1 is 1.17 bits per heavy atom. The zero-order valence-corrected chi connectivity index (χ0v) is 17.3. The number of pyridine rings is 1. The number of rotatable bonds is 5. The van der Waals surface area contributed by atoms with Gasteiger partial charge in [-0.25, -0.2) is 4.79 Å². The fraction of sp³-hybridized carbons (Fsp3) is 0.350.